The number of hydrogen-bond acceptors (Lipinski definition) is 5. The van der Waals surface area contributed by atoms with Crippen LogP contribution in [-0.2, 0) is 26.2 Å². The highest BCUT2D eigenvalue weighted by atomic mass is 35.5. The Balaban J connectivity index is 2.04. The number of aryl methyl sites for hydroxylation is 1. The van der Waals surface area contributed by atoms with Gasteiger partial charge in [0.1, 0.15) is 18.3 Å². The average molecular weight is 614 g/mol. The SMILES string of the molecule is CCOc1ccc(N(CC(=O)N(Cc2ccc(Cl)cc2)[C@@H](CC)C(=O)NCC(C)C)S(=O)(=O)c2ccc(C)cc2)cc1. The van der Waals surface area contributed by atoms with Crippen molar-refractivity contribution < 1.29 is 22.7 Å². The number of nitrogens with zero attached hydrogens (tertiary/aromatic N) is 2. The number of carbonyl (C=O) groups excluding carboxylic acids is 2. The van der Waals surface area contributed by atoms with Gasteiger partial charge in [0.25, 0.3) is 10.0 Å². The van der Waals surface area contributed by atoms with Gasteiger partial charge in [-0.05, 0) is 80.3 Å². The summed E-state index contributed by atoms with van der Waals surface area (Å²) in [6.07, 6.45) is 0.344. The number of anilines is 1. The molecule has 0 aromatic heterocycles. The molecule has 8 nitrogen and oxygen atoms in total. The minimum absolute atomic E-state index is 0.0563. The zero-order valence-corrected chi connectivity index (χ0v) is 26.4. The number of sulfonamides is 1. The van der Waals surface area contributed by atoms with Crippen molar-refractivity contribution in [3.63, 3.8) is 0 Å². The van der Waals surface area contributed by atoms with Crippen LogP contribution in [0.4, 0.5) is 5.69 Å². The van der Waals surface area contributed by atoms with E-state index in [1.807, 2.05) is 34.6 Å². The Morgan fingerprint density at radius 2 is 1.55 bits per heavy atom. The summed E-state index contributed by atoms with van der Waals surface area (Å²) in [5, 5.41) is 3.47. The highest BCUT2D eigenvalue weighted by Gasteiger charge is 2.33. The average Bonchev–Trinajstić information content (AvgIpc) is 2.96. The maximum atomic E-state index is 14.1. The molecule has 0 bridgehead atoms. The van der Waals surface area contributed by atoms with Gasteiger partial charge < -0.3 is 15.0 Å². The van der Waals surface area contributed by atoms with Gasteiger partial charge in [0.2, 0.25) is 11.8 Å². The molecule has 3 aromatic rings. The molecule has 3 aromatic carbocycles. The molecule has 0 aliphatic heterocycles. The fourth-order valence-electron chi connectivity index (χ4n) is 4.37. The van der Waals surface area contributed by atoms with E-state index in [-0.39, 0.29) is 23.3 Å². The van der Waals surface area contributed by atoms with Crippen molar-refractivity contribution in [2.24, 2.45) is 5.92 Å². The lowest BCUT2D eigenvalue weighted by Crippen LogP contribution is -2.52. The fourth-order valence-corrected chi connectivity index (χ4v) is 5.91. The Kier molecular flexibility index (Phi) is 11.8. The van der Waals surface area contributed by atoms with Crippen molar-refractivity contribution in [2.45, 2.75) is 58.5 Å². The summed E-state index contributed by atoms with van der Waals surface area (Å²) in [4.78, 5) is 28.9. The number of benzene rings is 3. The molecule has 0 unspecified atom stereocenters. The quantitative estimate of drug-likeness (QED) is 0.247. The van der Waals surface area contributed by atoms with Crippen LogP contribution in [0.1, 0.15) is 45.2 Å². The molecule has 1 N–H and O–H groups in total. The lowest BCUT2D eigenvalue weighted by Gasteiger charge is -2.33. The van der Waals surface area contributed by atoms with Gasteiger partial charge in [-0.3, -0.25) is 13.9 Å². The molecule has 1 atom stereocenters. The number of nitrogens with one attached hydrogen (secondary N) is 1. The maximum Gasteiger partial charge on any atom is 0.264 e. The Hall–Kier alpha value is -3.56. The highest BCUT2D eigenvalue weighted by molar-refractivity contribution is 7.92. The van der Waals surface area contributed by atoms with Crippen LogP contribution < -0.4 is 14.4 Å². The van der Waals surface area contributed by atoms with E-state index < -0.39 is 28.5 Å². The van der Waals surface area contributed by atoms with Crippen LogP contribution in [0.3, 0.4) is 0 Å². The van der Waals surface area contributed by atoms with Gasteiger partial charge in [-0.15, -0.1) is 0 Å². The molecule has 0 radical (unpaired) electrons. The van der Waals surface area contributed by atoms with Crippen LogP contribution in [0.15, 0.2) is 77.7 Å². The third-order valence-corrected chi connectivity index (χ3v) is 8.70. The lowest BCUT2D eigenvalue weighted by atomic mass is 10.1. The van der Waals surface area contributed by atoms with E-state index in [0.29, 0.717) is 36.0 Å². The van der Waals surface area contributed by atoms with Crippen molar-refractivity contribution in [1.82, 2.24) is 10.2 Å². The maximum absolute atomic E-state index is 14.1. The first-order valence-corrected chi connectivity index (χ1v) is 15.9. The Morgan fingerprint density at radius 3 is 2.10 bits per heavy atom. The molecule has 0 heterocycles. The molecule has 0 aliphatic carbocycles. The first-order valence-electron chi connectivity index (χ1n) is 14.1. The van der Waals surface area contributed by atoms with Gasteiger partial charge in [0.05, 0.1) is 17.2 Å². The van der Waals surface area contributed by atoms with Crippen LogP contribution in [-0.4, -0.2) is 50.9 Å². The van der Waals surface area contributed by atoms with Gasteiger partial charge in [-0.25, -0.2) is 8.42 Å². The highest BCUT2D eigenvalue weighted by Crippen LogP contribution is 2.27. The summed E-state index contributed by atoms with van der Waals surface area (Å²) in [7, 11) is -4.15. The monoisotopic (exact) mass is 613 g/mol. The molecule has 0 saturated carbocycles. The van der Waals surface area contributed by atoms with Gasteiger partial charge in [-0.2, -0.15) is 0 Å². The zero-order chi connectivity index (χ0) is 30.9. The van der Waals surface area contributed by atoms with Crippen LogP contribution in [0.5, 0.6) is 5.75 Å². The third-order valence-electron chi connectivity index (χ3n) is 6.66. The second kappa shape index (κ2) is 15.1. The number of carbonyl (C=O) groups is 2. The summed E-state index contributed by atoms with van der Waals surface area (Å²) in [5.74, 6) is 0.00256. The molecule has 0 fully saturated rings. The van der Waals surface area contributed by atoms with E-state index in [0.717, 1.165) is 15.4 Å². The van der Waals surface area contributed by atoms with Crippen molar-refractivity contribution in [2.75, 3.05) is 24.0 Å². The largest absolute Gasteiger partial charge is 0.494 e. The molecular weight excluding hydrogens is 574 g/mol. The van der Waals surface area contributed by atoms with Gasteiger partial charge in [-0.1, -0.05) is 62.2 Å². The first-order chi connectivity index (χ1) is 20.0. The number of amides is 2. The molecule has 2 amide bonds. The van der Waals surface area contributed by atoms with E-state index >= 15 is 0 Å². The zero-order valence-electron chi connectivity index (χ0n) is 24.8. The normalized spacial score (nSPS) is 12.1. The summed E-state index contributed by atoms with van der Waals surface area (Å²) >= 11 is 6.08. The van der Waals surface area contributed by atoms with E-state index in [9.17, 15) is 18.0 Å². The first kappa shape index (κ1) is 32.9. The standard InChI is InChI=1S/C32H40ClN3O5S/c1-6-30(32(38)34-20-23(3)4)35(21-25-10-12-26(33)13-11-25)31(37)22-36(27-14-16-28(17-15-27)41-7-2)42(39,40)29-18-8-24(5)9-19-29/h8-19,23,30H,6-7,20-22H2,1-5H3,(H,34,38)/t30-/m0/s1. The minimum atomic E-state index is -4.15. The molecule has 42 heavy (non-hydrogen) atoms. The Morgan fingerprint density at radius 1 is 0.929 bits per heavy atom. The predicted molar refractivity (Wildman–Crippen MR) is 167 cm³/mol. The minimum Gasteiger partial charge on any atom is -0.494 e. The van der Waals surface area contributed by atoms with Crippen LogP contribution >= 0.6 is 11.6 Å². The van der Waals surface area contributed by atoms with Crippen molar-refractivity contribution >= 4 is 39.1 Å². The topological polar surface area (TPSA) is 96.0 Å². The number of rotatable bonds is 14. The number of hydrogen-bond donors (Lipinski definition) is 1. The Bertz CT molecular complexity index is 1430. The fraction of sp³-hybridized carbons (Fsp3) is 0.375. The van der Waals surface area contributed by atoms with Gasteiger partial charge >= 0.3 is 0 Å². The molecule has 0 aliphatic rings. The number of halogens is 1. The summed E-state index contributed by atoms with van der Waals surface area (Å²) in [6.45, 7) is 10.0. The van der Waals surface area contributed by atoms with Crippen LogP contribution in [0.25, 0.3) is 0 Å². The third kappa shape index (κ3) is 8.72. The van der Waals surface area contributed by atoms with E-state index in [1.165, 1.54) is 17.0 Å². The second-order valence-corrected chi connectivity index (χ2v) is 12.8. The van der Waals surface area contributed by atoms with E-state index in [2.05, 4.69) is 5.32 Å². The number of ether oxygens (including phenoxy) is 1. The van der Waals surface area contributed by atoms with Crippen molar-refractivity contribution in [3.05, 3.63) is 88.9 Å². The summed E-state index contributed by atoms with van der Waals surface area (Å²) in [5.41, 5.74) is 1.97. The molecule has 10 heteroatoms. The molecule has 0 spiro atoms. The second-order valence-electron chi connectivity index (χ2n) is 10.5. The van der Waals surface area contributed by atoms with Gasteiger partial charge in [0.15, 0.2) is 0 Å². The lowest BCUT2D eigenvalue weighted by molar-refractivity contribution is -0.140. The van der Waals surface area contributed by atoms with E-state index in [1.54, 1.807) is 60.7 Å². The van der Waals surface area contributed by atoms with Crippen LogP contribution in [0.2, 0.25) is 5.02 Å². The smallest absolute Gasteiger partial charge is 0.264 e. The van der Waals surface area contributed by atoms with Crippen molar-refractivity contribution in [1.29, 1.82) is 0 Å². The molecular formula is C32H40ClN3O5S. The molecule has 226 valence electrons. The predicted octanol–water partition coefficient (Wildman–Crippen LogP) is 5.82. The molecule has 0 saturated heterocycles. The summed E-state index contributed by atoms with van der Waals surface area (Å²) in [6, 6.07) is 19.2. The summed E-state index contributed by atoms with van der Waals surface area (Å²) < 4.78 is 34.6. The van der Waals surface area contributed by atoms with Gasteiger partial charge in [0, 0.05) is 18.1 Å². The Labute approximate surface area is 254 Å². The molecule has 3 rings (SSSR count). The van der Waals surface area contributed by atoms with Crippen molar-refractivity contribution in [3.8, 4) is 5.75 Å². The van der Waals surface area contributed by atoms with Crippen LogP contribution in [0, 0.1) is 12.8 Å². The van der Waals surface area contributed by atoms with E-state index in [4.69, 9.17) is 16.3 Å².